The van der Waals surface area contributed by atoms with Crippen molar-refractivity contribution >= 4 is 5.97 Å². The molecule has 1 fully saturated rings. The Balaban J connectivity index is 0.000000330. The van der Waals surface area contributed by atoms with Crippen LogP contribution in [0, 0.1) is 23.5 Å². The summed E-state index contributed by atoms with van der Waals surface area (Å²) in [6.45, 7) is 4.75. The predicted octanol–water partition coefficient (Wildman–Crippen LogP) is 7.87. The number of halogens is 2. The summed E-state index contributed by atoms with van der Waals surface area (Å²) < 4.78 is 31.4. The predicted molar refractivity (Wildman–Crippen MR) is 124 cm³/mol. The van der Waals surface area contributed by atoms with Crippen molar-refractivity contribution in [1.29, 1.82) is 0 Å². The van der Waals surface area contributed by atoms with Crippen molar-refractivity contribution in [2.45, 2.75) is 104 Å². The minimum absolute atomic E-state index is 0.0441. The van der Waals surface area contributed by atoms with E-state index in [1.807, 2.05) is 0 Å². The van der Waals surface area contributed by atoms with Gasteiger partial charge in [-0.05, 0) is 50.2 Å². The van der Waals surface area contributed by atoms with E-state index >= 15 is 0 Å². The molecule has 0 aliphatic heterocycles. The summed E-state index contributed by atoms with van der Waals surface area (Å²) in [7, 11) is 0. The lowest BCUT2D eigenvalue weighted by atomic mass is 9.80. The molecule has 0 unspecified atom stereocenters. The highest BCUT2D eigenvalue weighted by Gasteiger charge is 2.25. The topological polar surface area (TPSA) is 66.8 Å². The molecule has 1 aliphatic rings. The van der Waals surface area contributed by atoms with Gasteiger partial charge in [0.1, 0.15) is 0 Å². The fraction of sp³-hybridized carbons (Fsp3) is 0.731. The molecular weight excluding hydrogens is 414 g/mol. The zero-order valence-electron chi connectivity index (χ0n) is 19.9. The molecule has 0 spiro atoms. The number of hydrogen-bond acceptors (Lipinski definition) is 3. The number of aliphatic carboxylic acids is 1. The van der Waals surface area contributed by atoms with E-state index in [1.54, 1.807) is 0 Å². The second kappa shape index (κ2) is 16.7. The standard InChI is InChI=1S/C14H20F2O2.C12H22O2/c1-2-3-4-5-6-7-10-18-12-9-8-11(17)13(15)14(12)16;1-2-3-4-5-10-6-8-11(9-7-10)12(13)14/h8-9,17H,2-7,10H2,1H3;10-11H,2-9H2,1H3,(H,13,14)/t;10-,11-. The van der Waals surface area contributed by atoms with Crippen molar-refractivity contribution in [3.63, 3.8) is 0 Å². The number of carboxylic acids is 1. The van der Waals surface area contributed by atoms with E-state index in [9.17, 15) is 13.6 Å². The van der Waals surface area contributed by atoms with Gasteiger partial charge >= 0.3 is 5.97 Å². The van der Waals surface area contributed by atoms with Crippen LogP contribution >= 0.6 is 0 Å². The molecule has 0 atom stereocenters. The van der Waals surface area contributed by atoms with Crippen molar-refractivity contribution in [2.24, 2.45) is 11.8 Å². The van der Waals surface area contributed by atoms with E-state index in [-0.39, 0.29) is 11.7 Å². The van der Waals surface area contributed by atoms with E-state index in [1.165, 1.54) is 51.0 Å². The van der Waals surface area contributed by atoms with Crippen molar-refractivity contribution in [2.75, 3.05) is 6.61 Å². The van der Waals surface area contributed by atoms with Gasteiger partial charge in [-0.2, -0.15) is 8.78 Å². The highest BCUT2D eigenvalue weighted by molar-refractivity contribution is 5.69. The number of benzene rings is 1. The summed E-state index contributed by atoms with van der Waals surface area (Å²) in [6, 6.07) is 2.33. The molecule has 6 heteroatoms. The van der Waals surface area contributed by atoms with Crippen LogP contribution in [0.2, 0.25) is 0 Å². The van der Waals surface area contributed by atoms with Gasteiger partial charge < -0.3 is 14.9 Å². The lowest BCUT2D eigenvalue weighted by Crippen LogP contribution is -2.21. The number of ether oxygens (including phenoxy) is 1. The van der Waals surface area contributed by atoms with E-state index in [0.29, 0.717) is 6.61 Å². The quantitative estimate of drug-likeness (QED) is 0.296. The molecule has 1 aromatic carbocycles. The monoisotopic (exact) mass is 456 g/mol. The van der Waals surface area contributed by atoms with Gasteiger partial charge in [0.2, 0.25) is 11.6 Å². The van der Waals surface area contributed by atoms with Crippen LogP contribution in [0.3, 0.4) is 0 Å². The normalized spacial score (nSPS) is 18.0. The van der Waals surface area contributed by atoms with Crippen LogP contribution < -0.4 is 4.74 Å². The van der Waals surface area contributed by atoms with Crippen LogP contribution in [0.1, 0.15) is 104 Å². The number of phenolic OH excluding ortho intramolecular Hbond substituents is 1. The Morgan fingerprint density at radius 2 is 1.50 bits per heavy atom. The average Bonchev–Trinajstić information content (AvgIpc) is 2.79. The van der Waals surface area contributed by atoms with Crippen LogP contribution in [0.15, 0.2) is 12.1 Å². The van der Waals surface area contributed by atoms with Gasteiger partial charge in [0.05, 0.1) is 12.5 Å². The molecule has 1 aliphatic carbocycles. The fourth-order valence-corrected chi connectivity index (χ4v) is 4.08. The Morgan fingerprint density at radius 3 is 2.12 bits per heavy atom. The maximum Gasteiger partial charge on any atom is 0.306 e. The molecule has 0 aromatic heterocycles. The Kier molecular flexibility index (Phi) is 14.7. The Bertz CT molecular complexity index is 643. The number of carboxylic acid groups (broad SMARTS) is 1. The van der Waals surface area contributed by atoms with Crippen LogP contribution in [-0.2, 0) is 4.79 Å². The molecule has 2 rings (SSSR count). The fourth-order valence-electron chi connectivity index (χ4n) is 4.08. The van der Waals surface area contributed by atoms with E-state index in [4.69, 9.17) is 14.9 Å². The molecule has 32 heavy (non-hydrogen) atoms. The molecule has 0 heterocycles. The van der Waals surface area contributed by atoms with E-state index < -0.39 is 23.4 Å². The third-order valence-corrected chi connectivity index (χ3v) is 6.19. The van der Waals surface area contributed by atoms with Crippen LogP contribution in [0.4, 0.5) is 8.78 Å². The summed E-state index contributed by atoms with van der Waals surface area (Å²) in [5, 5.41) is 17.8. The van der Waals surface area contributed by atoms with Gasteiger partial charge in [-0.25, -0.2) is 0 Å². The van der Waals surface area contributed by atoms with Crippen molar-refractivity contribution < 1.29 is 28.5 Å². The number of rotatable bonds is 13. The Hall–Kier alpha value is -1.85. The highest BCUT2D eigenvalue weighted by atomic mass is 19.2. The minimum Gasteiger partial charge on any atom is -0.505 e. The molecule has 0 bridgehead atoms. The van der Waals surface area contributed by atoms with Crippen molar-refractivity contribution in [1.82, 2.24) is 0 Å². The second-order valence-electron chi connectivity index (χ2n) is 8.88. The number of aromatic hydroxyl groups is 1. The largest absolute Gasteiger partial charge is 0.505 e. The number of hydrogen-bond donors (Lipinski definition) is 2. The zero-order valence-corrected chi connectivity index (χ0v) is 19.9. The lowest BCUT2D eigenvalue weighted by molar-refractivity contribution is -0.143. The summed E-state index contributed by atoms with van der Waals surface area (Å²) in [6.07, 6.45) is 16.0. The first-order valence-electron chi connectivity index (χ1n) is 12.4. The molecule has 4 nitrogen and oxygen atoms in total. The number of carbonyl (C=O) groups is 1. The number of unbranched alkanes of at least 4 members (excludes halogenated alkanes) is 7. The van der Waals surface area contributed by atoms with Gasteiger partial charge in [0.15, 0.2) is 11.5 Å². The number of phenols is 1. The summed E-state index contributed by atoms with van der Waals surface area (Å²) in [5.74, 6) is -3.03. The van der Waals surface area contributed by atoms with Crippen LogP contribution in [0.25, 0.3) is 0 Å². The molecule has 2 N–H and O–H groups in total. The maximum atomic E-state index is 13.3. The van der Waals surface area contributed by atoms with Crippen LogP contribution in [0.5, 0.6) is 11.5 Å². The van der Waals surface area contributed by atoms with Gasteiger partial charge in [0, 0.05) is 0 Å². The third kappa shape index (κ3) is 11.1. The summed E-state index contributed by atoms with van der Waals surface area (Å²) in [5.41, 5.74) is 0. The second-order valence-corrected chi connectivity index (χ2v) is 8.88. The molecule has 184 valence electrons. The molecule has 0 amide bonds. The first-order valence-corrected chi connectivity index (χ1v) is 12.4. The average molecular weight is 457 g/mol. The minimum atomic E-state index is -1.25. The lowest BCUT2D eigenvalue weighted by Gasteiger charge is -2.25. The maximum absolute atomic E-state index is 13.3. The van der Waals surface area contributed by atoms with E-state index in [0.717, 1.165) is 56.9 Å². The van der Waals surface area contributed by atoms with Crippen molar-refractivity contribution in [3.8, 4) is 11.5 Å². The molecule has 1 saturated carbocycles. The van der Waals surface area contributed by atoms with Gasteiger partial charge in [-0.3, -0.25) is 4.79 Å². The molecular formula is C26H42F2O4. The summed E-state index contributed by atoms with van der Waals surface area (Å²) in [4.78, 5) is 10.7. The van der Waals surface area contributed by atoms with Crippen molar-refractivity contribution in [3.05, 3.63) is 23.8 Å². The first-order chi connectivity index (χ1) is 15.4. The molecule has 0 radical (unpaired) electrons. The third-order valence-electron chi connectivity index (χ3n) is 6.19. The Morgan fingerprint density at radius 1 is 0.906 bits per heavy atom. The summed E-state index contributed by atoms with van der Waals surface area (Å²) >= 11 is 0. The Labute approximate surface area is 192 Å². The van der Waals surface area contributed by atoms with Gasteiger partial charge in [0.25, 0.3) is 0 Å². The zero-order chi connectivity index (χ0) is 23.8. The SMILES string of the molecule is CCCCCCCCOc1ccc(O)c(F)c1F.CCCCC[C@H]1CC[C@H](C(=O)O)CC1. The van der Waals surface area contributed by atoms with Gasteiger partial charge in [-0.1, -0.05) is 71.6 Å². The molecule has 1 aromatic rings. The smallest absolute Gasteiger partial charge is 0.306 e. The van der Waals surface area contributed by atoms with Crippen LogP contribution in [-0.4, -0.2) is 22.8 Å². The van der Waals surface area contributed by atoms with Gasteiger partial charge in [-0.15, -0.1) is 0 Å². The first kappa shape index (κ1) is 28.2. The van der Waals surface area contributed by atoms with E-state index in [2.05, 4.69) is 13.8 Å². The highest BCUT2D eigenvalue weighted by Crippen LogP contribution is 2.32. The molecule has 0 saturated heterocycles.